The van der Waals surface area contributed by atoms with Crippen LogP contribution in [0, 0.1) is 0 Å². The lowest BCUT2D eigenvalue weighted by Crippen LogP contribution is -2.33. The molecule has 0 aliphatic heterocycles. The van der Waals surface area contributed by atoms with Crippen LogP contribution in [0.4, 0.5) is 0 Å². The molecule has 0 saturated heterocycles. The quantitative estimate of drug-likeness (QED) is 0.469. The summed E-state index contributed by atoms with van der Waals surface area (Å²) >= 11 is 0. The van der Waals surface area contributed by atoms with Crippen molar-refractivity contribution in [3.63, 3.8) is 0 Å². The Morgan fingerprint density at radius 3 is 2.61 bits per heavy atom. The smallest absolute Gasteiger partial charge is 0.213 e. The summed E-state index contributed by atoms with van der Waals surface area (Å²) in [6, 6.07) is 19.1. The van der Waals surface area contributed by atoms with Gasteiger partial charge in [-0.25, -0.2) is 4.98 Å². The molecule has 4 aromatic rings. The number of aromatic nitrogens is 2. The maximum absolute atomic E-state index is 5.78. The van der Waals surface area contributed by atoms with Crippen molar-refractivity contribution in [2.75, 3.05) is 6.61 Å². The van der Waals surface area contributed by atoms with E-state index in [1.54, 1.807) is 0 Å². The van der Waals surface area contributed by atoms with Crippen molar-refractivity contribution >= 4 is 43.6 Å². The van der Waals surface area contributed by atoms with Gasteiger partial charge in [-0.05, 0) is 43.5 Å². The molecule has 0 unspecified atom stereocenters. The van der Waals surface area contributed by atoms with Gasteiger partial charge in [0.2, 0.25) is 5.88 Å². The average Bonchev–Trinajstić information content (AvgIpc) is 3.09. The highest BCUT2D eigenvalue weighted by molar-refractivity contribution is 7.96. The van der Waals surface area contributed by atoms with E-state index in [-0.39, 0.29) is 0 Å². The summed E-state index contributed by atoms with van der Waals surface area (Å²) < 4.78 is 5.78. The molecule has 5 heteroatoms. The highest BCUT2D eigenvalue weighted by Gasteiger charge is 2.07. The predicted molar refractivity (Wildman–Crippen MR) is 123 cm³/mol. The Kier molecular flexibility index (Phi) is 5.28. The van der Waals surface area contributed by atoms with Crippen molar-refractivity contribution in [1.29, 1.82) is 0 Å². The van der Waals surface area contributed by atoms with Gasteiger partial charge in [0.15, 0.2) is 0 Å². The minimum absolute atomic E-state index is 0.350. The van der Waals surface area contributed by atoms with Gasteiger partial charge in [0.05, 0.1) is 4.99 Å². The van der Waals surface area contributed by atoms with Gasteiger partial charge in [-0.2, -0.15) is 0 Å². The number of H-pyrrole nitrogens is 1. The number of fused-ring (bicyclic) bond motifs is 3. The molecule has 0 atom stereocenters. The third-order valence-corrected chi connectivity index (χ3v) is 5.14. The minimum atomic E-state index is 0.350. The summed E-state index contributed by atoms with van der Waals surface area (Å²) in [6.07, 6.45) is 1.85. The molecule has 142 valence electrons. The lowest BCUT2D eigenvalue weighted by atomic mass is 10.1. The van der Waals surface area contributed by atoms with Crippen LogP contribution in [-0.2, 0) is 0 Å². The van der Waals surface area contributed by atoms with Crippen LogP contribution >= 0.6 is 10.9 Å². The standard InChI is InChI=1S/C23H23N3OS/c1-15(2)25-23(28-3)14-27-22-11-9-17(13-24-22)16-8-10-19-18-6-4-5-7-20(18)26-21(19)12-16/h4-13,15,25-26H,3,14H2,1-2H3. The molecular weight excluding hydrogens is 366 g/mol. The highest BCUT2D eigenvalue weighted by Crippen LogP contribution is 2.29. The molecule has 4 rings (SSSR count). The lowest BCUT2D eigenvalue weighted by molar-refractivity contribution is 0.359. The van der Waals surface area contributed by atoms with Gasteiger partial charge in [0, 0.05) is 45.7 Å². The van der Waals surface area contributed by atoms with Crippen LogP contribution in [0.5, 0.6) is 5.88 Å². The normalized spacial score (nSPS) is 11.2. The van der Waals surface area contributed by atoms with Crippen LogP contribution in [0.15, 0.2) is 60.8 Å². The summed E-state index contributed by atoms with van der Waals surface area (Å²) in [5.74, 6) is 4.46. The number of ether oxygens (including phenoxy) is 1. The van der Waals surface area contributed by atoms with E-state index in [9.17, 15) is 0 Å². The van der Waals surface area contributed by atoms with Crippen LogP contribution in [0.1, 0.15) is 13.8 Å². The van der Waals surface area contributed by atoms with Crippen LogP contribution in [0.2, 0.25) is 0 Å². The molecule has 4 nitrogen and oxygen atoms in total. The molecule has 0 saturated carbocycles. The van der Waals surface area contributed by atoms with Crippen molar-refractivity contribution in [1.82, 2.24) is 15.3 Å². The maximum atomic E-state index is 5.78. The summed E-state index contributed by atoms with van der Waals surface area (Å²) in [5.41, 5.74) is 4.47. The molecule has 0 amide bonds. The topological polar surface area (TPSA) is 49.9 Å². The largest absolute Gasteiger partial charge is 0.471 e. The molecular formula is C23H23N3OS. The molecule has 2 N–H and O–H groups in total. The Balaban J connectivity index is 1.53. The summed E-state index contributed by atoms with van der Waals surface area (Å²) in [6.45, 7) is 4.63. The van der Waals surface area contributed by atoms with E-state index < -0.39 is 0 Å². The Labute approximate surface area is 168 Å². The van der Waals surface area contributed by atoms with Gasteiger partial charge in [-0.1, -0.05) is 30.3 Å². The fourth-order valence-corrected chi connectivity index (χ4v) is 3.72. The second kappa shape index (κ2) is 8.00. The first-order valence-electron chi connectivity index (χ1n) is 9.28. The van der Waals surface area contributed by atoms with Crippen LogP contribution in [-0.4, -0.2) is 33.5 Å². The van der Waals surface area contributed by atoms with Crippen LogP contribution in [0.25, 0.3) is 32.9 Å². The van der Waals surface area contributed by atoms with E-state index in [4.69, 9.17) is 4.74 Å². The van der Waals surface area contributed by atoms with E-state index >= 15 is 0 Å². The first-order chi connectivity index (χ1) is 13.6. The number of hydrogen-bond donors (Lipinski definition) is 2. The molecule has 0 fully saturated rings. The Morgan fingerprint density at radius 2 is 1.86 bits per heavy atom. The highest BCUT2D eigenvalue weighted by atomic mass is 32.1. The summed E-state index contributed by atoms with van der Waals surface area (Å²) in [7, 11) is 1.42. The second-order valence-corrected chi connectivity index (χ2v) is 7.75. The lowest BCUT2D eigenvalue weighted by Gasteiger charge is -2.11. The third-order valence-electron chi connectivity index (χ3n) is 4.55. The molecule has 0 spiro atoms. The number of benzene rings is 2. The molecule has 2 aromatic carbocycles. The monoisotopic (exact) mass is 389 g/mol. The van der Waals surface area contributed by atoms with E-state index in [2.05, 4.69) is 71.4 Å². The number of rotatable bonds is 5. The van der Waals surface area contributed by atoms with Gasteiger partial charge in [0.25, 0.3) is 0 Å². The zero-order chi connectivity index (χ0) is 19.5. The van der Waals surface area contributed by atoms with Crippen molar-refractivity contribution in [3.8, 4) is 17.0 Å². The van der Waals surface area contributed by atoms with Gasteiger partial charge < -0.3 is 9.72 Å². The van der Waals surface area contributed by atoms with Gasteiger partial charge in [-0.3, -0.25) is 5.32 Å². The number of aromatic amines is 1. The zero-order valence-corrected chi connectivity index (χ0v) is 16.8. The molecule has 2 aromatic heterocycles. The van der Waals surface area contributed by atoms with Crippen LogP contribution in [0.3, 0.4) is 0 Å². The van der Waals surface area contributed by atoms with E-state index in [0.717, 1.165) is 27.1 Å². The Hall–Kier alpha value is -2.89. The molecule has 0 radical (unpaired) electrons. The van der Waals surface area contributed by atoms with Crippen molar-refractivity contribution in [3.05, 3.63) is 60.8 Å². The fourth-order valence-electron chi connectivity index (χ4n) is 3.26. The molecule has 0 aliphatic carbocycles. The number of pyridine rings is 1. The Bertz CT molecular complexity index is 1170. The molecule has 0 aliphatic rings. The number of nitrogens with zero attached hydrogens (tertiary/aromatic N) is 1. The number of para-hydroxylation sites is 1. The van der Waals surface area contributed by atoms with Crippen molar-refractivity contribution in [2.45, 2.75) is 19.9 Å². The third kappa shape index (κ3) is 3.86. The summed E-state index contributed by atoms with van der Waals surface area (Å²) in [5, 5.41) is 5.81. The minimum Gasteiger partial charge on any atom is -0.471 e. The molecule has 2 heterocycles. The van der Waals surface area contributed by atoms with Crippen LogP contribution < -0.4 is 10.1 Å². The predicted octanol–water partition coefficient (Wildman–Crippen LogP) is 5.06. The second-order valence-electron chi connectivity index (χ2n) is 6.97. The molecule has 0 bridgehead atoms. The SMILES string of the molecule is C=S=C(COc1ccc(-c2ccc3c(c2)[nH]c2ccccc23)cn1)NC(C)C. The maximum Gasteiger partial charge on any atom is 0.213 e. The first-order valence-corrected chi connectivity index (χ1v) is 10.3. The number of hydrogen-bond acceptors (Lipinski definition) is 2. The summed E-state index contributed by atoms with van der Waals surface area (Å²) in [4.78, 5) is 8.94. The van der Waals surface area contributed by atoms with E-state index in [0.29, 0.717) is 18.5 Å². The molecule has 28 heavy (non-hydrogen) atoms. The number of nitrogens with one attached hydrogen (secondary N) is 2. The van der Waals surface area contributed by atoms with Crippen molar-refractivity contribution in [2.24, 2.45) is 0 Å². The van der Waals surface area contributed by atoms with Gasteiger partial charge >= 0.3 is 0 Å². The fraction of sp³-hybridized carbons (Fsp3) is 0.174. The Morgan fingerprint density at radius 1 is 1.07 bits per heavy atom. The van der Waals surface area contributed by atoms with Gasteiger partial charge in [-0.15, -0.1) is 10.9 Å². The average molecular weight is 390 g/mol. The van der Waals surface area contributed by atoms with E-state index in [1.807, 2.05) is 24.4 Å². The first kappa shape index (κ1) is 18.5. The van der Waals surface area contributed by atoms with E-state index in [1.165, 1.54) is 21.7 Å². The zero-order valence-electron chi connectivity index (χ0n) is 16.0. The van der Waals surface area contributed by atoms with Crippen molar-refractivity contribution < 1.29 is 4.74 Å². The van der Waals surface area contributed by atoms with Gasteiger partial charge in [0.1, 0.15) is 6.61 Å².